The molecule has 1 N–H and O–H groups in total. The number of fused-ring (bicyclic) bond motifs is 1. The fraction of sp³-hybridized carbons (Fsp3) is 0.485. The van der Waals surface area contributed by atoms with Crippen LogP contribution in [0, 0.1) is 5.92 Å². The third kappa shape index (κ3) is 5.04. The topological polar surface area (TPSA) is 68.2 Å². The number of alkyl halides is 1. The number of piperazine rings is 1. The summed E-state index contributed by atoms with van der Waals surface area (Å²) in [6, 6.07) is 14.4. The minimum absolute atomic E-state index is 0.00139. The third-order valence-electron chi connectivity index (χ3n) is 9.70. The Morgan fingerprint density at radius 1 is 1.07 bits per heavy atom. The van der Waals surface area contributed by atoms with E-state index in [1.54, 1.807) is 0 Å². The van der Waals surface area contributed by atoms with Gasteiger partial charge in [0, 0.05) is 47.3 Å². The Morgan fingerprint density at radius 2 is 1.73 bits per heavy atom. The van der Waals surface area contributed by atoms with E-state index < -0.39 is 17.8 Å². The van der Waals surface area contributed by atoms with E-state index in [0.29, 0.717) is 33.2 Å². The fourth-order valence-corrected chi connectivity index (χ4v) is 8.89. The summed E-state index contributed by atoms with van der Waals surface area (Å²) < 4.78 is 15.0. The molecule has 5 aliphatic rings. The highest BCUT2D eigenvalue weighted by molar-refractivity contribution is 8.18. The van der Waals surface area contributed by atoms with Gasteiger partial charge in [-0.2, -0.15) is 0 Å². The number of allylic oxidation sites excluding steroid dienone is 1. The zero-order valence-corrected chi connectivity index (χ0v) is 27.4. The number of aliphatic imine (C=N–C) groups is 1. The van der Waals surface area contributed by atoms with Crippen molar-refractivity contribution in [2.75, 3.05) is 26.2 Å². The van der Waals surface area contributed by atoms with Crippen molar-refractivity contribution in [3.63, 3.8) is 0 Å². The van der Waals surface area contributed by atoms with Crippen LogP contribution in [0.15, 0.2) is 64.1 Å². The van der Waals surface area contributed by atoms with Crippen LogP contribution in [0.25, 0.3) is 0 Å². The predicted octanol–water partition coefficient (Wildman–Crippen LogP) is 6.14. The van der Waals surface area contributed by atoms with Gasteiger partial charge in [-0.05, 0) is 72.8 Å². The van der Waals surface area contributed by atoms with Gasteiger partial charge in [0.05, 0.1) is 12.6 Å². The van der Waals surface area contributed by atoms with Crippen molar-refractivity contribution in [2.24, 2.45) is 10.9 Å². The highest BCUT2D eigenvalue weighted by atomic mass is 35.5. The number of hydrogen-bond donors (Lipinski definition) is 1. The van der Waals surface area contributed by atoms with Crippen LogP contribution in [0.3, 0.4) is 0 Å². The summed E-state index contributed by atoms with van der Waals surface area (Å²) in [6.45, 7) is 8.04. The maximum absolute atomic E-state index is 15.0. The highest BCUT2D eigenvalue weighted by Gasteiger charge is 2.55. The number of halogens is 3. The summed E-state index contributed by atoms with van der Waals surface area (Å²) in [5, 5.41) is 5.52. The molecule has 4 aliphatic heterocycles. The van der Waals surface area contributed by atoms with Gasteiger partial charge in [-0.3, -0.25) is 9.59 Å². The molecule has 1 spiro atoms. The molecular formula is C33H36Cl2FN5O2S. The molecule has 11 heteroatoms. The standard InChI is InChI=1S/C33H36Cl2FN5O2S/c1-19(2)26-27(30(43)40-17-24(36)16-25(40)29(42)39-15-14-37-33(18-39)12-13-33)44-31-38-32(3,21-6-10-23(35)11-7-21)28(41(26)31)20-4-8-22(34)9-5-20/h4-11,19,24-25,28,37H,12-18H2,1-3H3/t24-,25+,28-,32+/m1/s1. The summed E-state index contributed by atoms with van der Waals surface area (Å²) in [4.78, 5) is 39.5. The van der Waals surface area contributed by atoms with Crippen molar-refractivity contribution < 1.29 is 14.0 Å². The van der Waals surface area contributed by atoms with Gasteiger partial charge in [-0.1, -0.05) is 61.3 Å². The molecule has 2 aromatic rings. The first-order chi connectivity index (χ1) is 21.0. The second-order valence-corrected chi connectivity index (χ2v) is 15.0. The van der Waals surface area contributed by atoms with E-state index in [9.17, 15) is 9.59 Å². The maximum Gasteiger partial charge on any atom is 0.263 e. The molecule has 4 atom stereocenters. The molecule has 4 heterocycles. The first-order valence-corrected chi connectivity index (χ1v) is 16.9. The highest BCUT2D eigenvalue weighted by Crippen LogP contribution is 2.56. The Bertz CT molecular complexity index is 1560. The lowest BCUT2D eigenvalue weighted by molar-refractivity contribution is -0.142. The van der Waals surface area contributed by atoms with Crippen molar-refractivity contribution in [2.45, 2.75) is 69.4 Å². The third-order valence-corrected chi connectivity index (χ3v) is 11.3. The minimum Gasteiger partial charge on any atom is -0.338 e. The Morgan fingerprint density at radius 3 is 2.36 bits per heavy atom. The number of carbonyl (C=O) groups excluding carboxylic acids is 2. The second-order valence-electron chi connectivity index (χ2n) is 13.1. The van der Waals surface area contributed by atoms with E-state index in [1.807, 2.05) is 53.4 Å². The molecule has 0 aromatic heterocycles. The van der Waals surface area contributed by atoms with E-state index >= 15 is 4.39 Å². The van der Waals surface area contributed by atoms with Crippen LogP contribution in [-0.4, -0.2) is 75.6 Å². The molecule has 7 nitrogen and oxygen atoms in total. The summed E-state index contributed by atoms with van der Waals surface area (Å²) in [5.74, 6) is -0.487. The maximum atomic E-state index is 15.0. The number of benzene rings is 2. The Kier molecular flexibility index (Phi) is 7.55. The summed E-state index contributed by atoms with van der Waals surface area (Å²) in [7, 11) is 0. The lowest BCUT2D eigenvalue weighted by Crippen LogP contribution is -2.58. The molecule has 0 unspecified atom stereocenters. The average molecular weight is 657 g/mol. The van der Waals surface area contributed by atoms with Gasteiger partial charge in [-0.15, -0.1) is 0 Å². The van der Waals surface area contributed by atoms with Crippen LogP contribution < -0.4 is 5.32 Å². The molecule has 3 fully saturated rings. The number of amidine groups is 1. The van der Waals surface area contributed by atoms with Crippen molar-refractivity contribution in [3.05, 3.63) is 80.3 Å². The average Bonchev–Trinajstić information content (AvgIpc) is 3.32. The molecule has 0 radical (unpaired) electrons. The van der Waals surface area contributed by atoms with E-state index in [2.05, 4.69) is 31.0 Å². The molecule has 2 aromatic carbocycles. The van der Waals surface area contributed by atoms with Crippen LogP contribution in [0.1, 0.15) is 57.2 Å². The molecule has 2 amide bonds. The van der Waals surface area contributed by atoms with Crippen LogP contribution in [0.4, 0.5) is 4.39 Å². The number of nitrogens with one attached hydrogen (secondary N) is 1. The lowest BCUT2D eigenvalue weighted by Gasteiger charge is -2.38. The number of amides is 2. The van der Waals surface area contributed by atoms with Gasteiger partial charge in [0.1, 0.15) is 22.7 Å². The largest absolute Gasteiger partial charge is 0.338 e. The first-order valence-electron chi connectivity index (χ1n) is 15.3. The van der Waals surface area contributed by atoms with Gasteiger partial charge in [0.15, 0.2) is 5.17 Å². The summed E-state index contributed by atoms with van der Waals surface area (Å²) in [6.07, 6.45) is 0.869. The van der Waals surface area contributed by atoms with Crippen molar-refractivity contribution in [1.29, 1.82) is 0 Å². The van der Waals surface area contributed by atoms with Crippen LogP contribution in [0.2, 0.25) is 10.0 Å². The van der Waals surface area contributed by atoms with E-state index in [1.165, 1.54) is 16.7 Å². The Labute approximate surface area is 271 Å². The molecule has 1 aliphatic carbocycles. The molecular weight excluding hydrogens is 620 g/mol. The molecule has 1 saturated carbocycles. The quantitative estimate of drug-likeness (QED) is 0.419. The first kappa shape index (κ1) is 30.1. The Hall–Kier alpha value is -2.59. The van der Waals surface area contributed by atoms with Crippen molar-refractivity contribution in [3.8, 4) is 0 Å². The van der Waals surface area contributed by atoms with Crippen LogP contribution >= 0.6 is 35.0 Å². The molecule has 232 valence electrons. The van der Waals surface area contributed by atoms with Crippen LogP contribution in [-0.2, 0) is 15.1 Å². The zero-order valence-electron chi connectivity index (χ0n) is 25.0. The van der Waals surface area contributed by atoms with Crippen LogP contribution in [0.5, 0.6) is 0 Å². The monoisotopic (exact) mass is 655 g/mol. The second kappa shape index (κ2) is 11.0. The van der Waals surface area contributed by atoms with Gasteiger partial charge in [0.2, 0.25) is 5.91 Å². The van der Waals surface area contributed by atoms with Gasteiger partial charge in [0.25, 0.3) is 5.91 Å². The fourth-order valence-electron chi connectivity index (χ4n) is 7.28. The molecule has 7 rings (SSSR count). The number of carbonyl (C=O) groups is 2. The van der Waals surface area contributed by atoms with Crippen molar-refractivity contribution >= 4 is 51.9 Å². The molecule has 0 bridgehead atoms. The lowest BCUT2D eigenvalue weighted by atomic mass is 9.81. The van der Waals surface area contributed by atoms with Gasteiger partial charge >= 0.3 is 0 Å². The Balaban J connectivity index is 1.25. The summed E-state index contributed by atoms with van der Waals surface area (Å²) in [5.41, 5.74) is 2.15. The number of nitrogens with zero attached hydrogens (tertiary/aromatic N) is 4. The number of rotatable bonds is 5. The van der Waals surface area contributed by atoms with E-state index in [0.717, 1.165) is 36.2 Å². The minimum atomic E-state index is -1.24. The zero-order chi connectivity index (χ0) is 31.0. The van der Waals surface area contributed by atoms with E-state index in [-0.39, 0.29) is 42.3 Å². The van der Waals surface area contributed by atoms with E-state index in [4.69, 9.17) is 28.2 Å². The SMILES string of the molecule is CC(C)C1=C(C(=O)N2C[C@H](F)C[C@H]2C(=O)N2CCNC3(CC3)C2)SC2=N[C@@](C)(c3ccc(Cl)cc3)[C@@H](c3ccc(Cl)cc3)N21. The van der Waals surface area contributed by atoms with Gasteiger partial charge < -0.3 is 20.0 Å². The number of thioether (sulfide) groups is 1. The molecule has 2 saturated heterocycles. The summed E-state index contributed by atoms with van der Waals surface area (Å²) >= 11 is 13.9. The number of hydrogen-bond acceptors (Lipinski definition) is 6. The molecule has 44 heavy (non-hydrogen) atoms. The van der Waals surface area contributed by atoms with Crippen molar-refractivity contribution in [1.82, 2.24) is 20.0 Å². The normalized spacial score (nSPS) is 29.1. The van der Waals surface area contributed by atoms with Gasteiger partial charge in [-0.25, -0.2) is 9.38 Å². The number of likely N-dealkylation sites (tertiary alicyclic amines) is 1. The smallest absolute Gasteiger partial charge is 0.263 e. The predicted molar refractivity (Wildman–Crippen MR) is 173 cm³/mol.